The van der Waals surface area contributed by atoms with Crippen molar-refractivity contribution in [1.82, 2.24) is 0 Å². The Balaban J connectivity index is 2.03. The number of nitro benzene ring substituents is 1. The van der Waals surface area contributed by atoms with Gasteiger partial charge in [-0.15, -0.1) is 11.3 Å². The zero-order valence-corrected chi connectivity index (χ0v) is 14.3. The molecule has 1 aliphatic carbocycles. The predicted molar refractivity (Wildman–Crippen MR) is 92.0 cm³/mol. The van der Waals surface area contributed by atoms with Crippen LogP contribution in [-0.4, -0.2) is 18.2 Å². The lowest BCUT2D eigenvalue weighted by atomic mass is 9.96. The van der Waals surface area contributed by atoms with E-state index in [9.17, 15) is 20.5 Å². The van der Waals surface area contributed by atoms with Crippen LogP contribution in [0.25, 0.3) is 0 Å². The molecular weight excluding hydrogens is 342 g/mol. The van der Waals surface area contributed by atoms with Crippen molar-refractivity contribution in [2.75, 3.05) is 7.11 Å². The molecule has 1 aromatic carbocycles. The number of aryl methyl sites for hydroxylation is 1. The minimum Gasteiger partial charge on any atom is -0.870 e. The number of fused-ring (bicyclic) bond motifs is 1. The molecular formula is C17H14N3O4S-. The number of hydrogen-bond donors (Lipinski definition) is 0. The summed E-state index contributed by atoms with van der Waals surface area (Å²) in [5.74, 6) is -0.585. The smallest absolute Gasteiger partial charge is 0.273 e. The first-order valence-corrected chi connectivity index (χ1v) is 8.49. The summed E-state index contributed by atoms with van der Waals surface area (Å²) in [6, 6.07) is 4.44. The highest BCUT2D eigenvalue weighted by Gasteiger charge is 2.20. The van der Waals surface area contributed by atoms with Gasteiger partial charge < -0.3 is 9.84 Å². The summed E-state index contributed by atoms with van der Waals surface area (Å²) >= 11 is 1.44. The van der Waals surface area contributed by atoms with Crippen molar-refractivity contribution in [2.24, 2.45) is 4.99 Å². The molecule has 8 heteroatoms. The van der Waals surface area contributed by atoms with E-state index >= 15 is 0 Å². The van der Waals surface area contributed by atoms with Crippen LogP contribution >= 0.6 is 11.3 Å². The minimum absolute atomic E-state index is 0.0568. The Morgan fingerprint density at radius 1 is 1.40 bits per heavy atom. The summed E-state index contributed by atoms with van der Waals surface area (Å²) in [6.07, 6.45) is 5.21. The monoisotopic (exact) mass is 356 g/mol. The van der Waals surface area contributed by atoms with E-state index in [1.54, 1.807) is 0 Å². The van der Waals surface area contributed by atoms with Crippen molar-refractivity contribution < 1.29 is 14.8 Å². The molecule has 0 bridgehead atoms. The van der Waals surface area contributed by atoms with Crippen LogP contribution in [0.1, 0.15) is 34.4 Å². The average Bonchev–Trinajstić information content (AvgIpc) is 2.98. The Morgan fingerprint density at radius 2 is 2.16 bits per heavy atom. The van der Waals surface area contributed by atoms with Crippen molar-refractivity contribution in [2.45, 2.75) is 25.7 Å². The number of aliphatic imine (C=N–C) groups is 1. The zero-order chi connectivity index (χ0) is 18.0. The molecule has 0 fully saturated rings. The first kappa shape index (κ1) is 16.9. The predicted octanol–water partition coefficient (Wildman–Crippen LogP) is 3.24. The van der Waals surface area contributed by atoms with Gasteiger partial charge in [0, 0.05) is 17.2 Å². The van der Waals surface area contributed by atoms with Gasteiger partial charge in [-0.05, 0) is 36.8 Å². The van der Waals surface area contributed by atoms with E-state index in [1.165, 1.54) is 24.7 Å². The van der Waals surface area contributed by atoms with E-state index in [-0.39, 0.29) is 17.0 Å². The number of rotatable bonds is 4. The molecule has 1 aliphatic rings. The Bertz CT molecular complexity index is 912. The third kappa shape index (κ3) is 3.19. The molecule has 7 nitrogen and oxygen atoms in total. The van der Waals surface area contributed by atoms with Crippen LogP contribution in [-0.2, 0) is 12.8 Å². The second-order valence-electron chi connectivity index (χ2n) is 5.58. The SMILES string of the molecule is COc1cc([N+](=O)[O-])cc(C=Nc2sc3c(c2C#N)CCCC3)c1[O-]. The Morgan fingerprint density at radius 3 is 2.84 bits per heavy atom. The van der Waals surface area contributed by atoms with Gasteiger partial charge in [0.2, 0.25) is 0 Å². The molecule has 0 saturated carbocycles. The van der Waals surface area contributed by atoms with E-state index in [4.69, 9.17) is 4.74 Å². The molecule has 0 aliphatic heterocycles. The summed E-state index contributed by atoms with van der Waals surface area (Å²) < 4.78 is 4.91. The number of methoxy groups -OCH3 is 1. The number of ether oxygens (including phenoxy) is 1. The van der Waals surface area contributed by atoms with Crippen LogP contribution in [0.4, 0.5) is 10.7 Å². The summed E-state index contributed by atoms with van der Waals surface area (Å²) in [7, 11) is 1.28. The van der Waals surface area contributed by atoms with E-state index in [1.807, 2.05) is 0 Å². The van der Waals surface area contributed by atoms with Gasteiger partial charge in [0.05, 0.1) is 23.7 Å². The average molecular weight is 356 g/mol. The topological polar surface area (TPSA) is 112 Å². The molecule has 0 saturated heterocycles. The standard InChI is InChI=1S/C17H15N3O4S/c1-24-14-7-11(20(22)23)6-10(16(14)21)9-19-17-13(8-18)12-4-2-3-5-15(12)25-17/h6-7,9,21H,2-5H2,1H3/p-1. The Hall–Kier alpha value is -2.92. The third-order valence-corrected chi connectivity index (χ3v) is 5.28. The number of non-ortho nitro benzene ring substituents is 1. The van der Waals surface area contributed by atoms with Gasteiger partial charge in [-0.3, -0.25) is 10.1 Å². The molecule has 25 heavy (non-hydrogen) atoms. The molecule has 1 aromatic heterocycles. The molecule has 3 rings (SSSR count). The number of hydrogen-bond acceptors (Lipinski definition) is 7. The van der Waals surface area contributed by atoms with Gasteiger partial charge in [0.25, 0.3) is 5.69 Å². The quantitative estimate of drug-likeness (QED) is 0.474. The lowest BCUT2D eigenvalue weighted by Crippen LogP contribution is -2.02. The first-order valence-electron chi connectivity index (χ1n) is 7.67. The van der Waals surface area contributed by atoms with Gasteiger partial charge in [0.15, 0.2) is 0 Å². The van der Waals surface area contributed by atoms with Crippen LogP contribution < -0.4 is 9.84 Å². The largest absolute Gasteiger partial charge is 0.870 e. The molecule has 1 heterocycles. The fourth-order valence-corrected chi connectivity index (χ4v) is 4.03. The summed E-state index contributed by atoms with van der Waals surface area (Å²) in [5.41, 5.74) is 1.40. The first-order chi connectivity index (χ1) is 12.0. The molecule has 0 radical (unpaired) electrons. The molecule has 0 spiro atoms. The number of benzene rings is 1. The lowest BCUT2D eigenvalue weighted by molar-refractivity contribution is -0.385. The Kier molecular flexibility index (Phi) is 4.67. The van der Waals surface area contributed by atoms with Crippen molar-refractivity contribution in [3.63, 3.8) is 0 Å². The number of thiophene rings is 1. The number of nitrogens with zero attached hydrogens (tertiary/aromatic N) is 3. The van der Waals surface area contributed by atoms with Crippen LogP contribution in [0, 0.1) is 21.4 Å². The van der Waals surface area contributed by atoms with Crippen LogP contribution in [0.5, 0.6) is 11.5 Å². The normalized spacial score (nSPS) is 13.4. The van der Waals surface area contributed by atoms with Gasteiger partial charge in [0.1, 0.15) is 16.8 Å². The third-order valence-electron chi connectivity index (χ3n) is 4.08. The van der Waals surface area contributed by atoms with Crippen molar-refractivity contribution >= 4 is 28.2 Å². The number of nitriles is 1. The van der Waals surface area contributed by atoms with Gasteiger partial charge in [-0.2, -0.15) is 5.26 Å². The second-order valence-corrected chi connectivity index (χ2v) is 6.67. The Labute approximate surface area is 148 Å². The fourth-order valence-electron chi connectivity index (χ4n) is 2.85. The highest BCUT2D eigenvalue weighted by Crippen LogP contribution is 2.39. The van der Waals surface area contributed by atoms with Crippen LogP contribution in [0.2, 0.25) is 0 Å². The lowest BCUT2D eigenvalue weighted by Gasteiger charge is -2.14. The van der Waals surface area contributed by atoms with Crippen LogP contribution in [0.15, 0.2) is 17.1 Å². The minimum atomic E-state index is -0.593. The molecule has 0 N–H and O–H groups in total. The van der Waals surface area contributed by atoms with E-state index in [0.717, 1.165) is 48.3 Å². The maximum absolute atomic E-state index is 12.2. The van der Waals surface area contributed by atoms with E-state index in [2.05, 4.69) is 11.1 Å². The van der Waals surface area contributed by atoms with E-state index < -0.39 is 10.7 Å². The maximum Gasteiger partial charge on any atom is 0.273 e. The van der Waals surface area contributed by atoms with Gasteiger partial charge in [-0.25, -0.2) is 4.99 Å². The molecule has 0 atom stereocenters. The van der Waals surface area contributed by atoms with Crippen molar-refractivity contribution in [3.8, 4) is 17.6 Å². The van der Waals surface area contributed by atoms with E-state index in [0.29, 0.717) is 10.6 Å². The maximum atomic E-state index is 12.2. The van der Waals surface area contributed by atoms with Gasteiger partial charge in [-0.1, -0.05) is 5.75 Å². The van der Waals surface area contributed by atoms with Crippen LogP contribution in [0.3, 0.4) is 0 Å². The molecule has 0 unspecified atom stereocenters. The highest BCUT2D eigenvalue weighted by atomic mass is 32.1. The molecule has 2 aromatic rings. The van der Waals surface area contributed by atoms with Crippen molar-refractivity contribution in [1.29, 1.82) is 5.26 Å². The van der Waals surface area contributed by atoms with Gasteiger partial charge >= 0.3 is 0 Å². The summed E-state index contributed by atoms with van der Waals surface area (Å²) in [6.45, 7) is 0. The van der Waals surface area contributed by atoms with Crippen molar-refractivity contribution in [3.05, 3.63) is 43.8 Å². The molecule has 128 valence electrons. The zero-order valence-electron chi connectivity index (χ0n) is 13.4. The second kappa shape index (κ2) is 6.91. The summed E-state index contributed by atoms with van der Waals surface area (Å²) in [5, 5.41) is 33.2. The number of nitro groups is 1. The molecule has 0 amide bonds. The fraction of sp³-hybridized carbons (Fsp3) is 0.294. The highest BCUT2D eigenvalue weighted by molar-refractivity contribution is 7.16. The summed E-state index contributed by atoms with van der Waals surface area (Å²) in [4.78, 5) is 15.9.